The lowest BCUT2D eigenvalue weighted by Gasteiger charge is -2.21. The molecule has 2 N–H and O–H groups in total. The van der Waals surface area contributed by atoms with E-state index in [1.165, 1.54) is 0 Å². The molecule has 7 heteroatoms. The van der Waals surface area contributed by atoms with Crippen LogP contribution >= 0.6 is 0 Å². The van der Waals surface area contributed by atoms with Crippen LogP contribution < -0.4 is 20.1 Å². The van der Waals surface area contributed by atoms with E-state index in [2.05, 4.69) is 10.6 Å². The molecule has 2 rings (SSSR count). The molecular formula is C15H20N2O5. The minimum absolute atomic E-state index is 0.170. The number of alkyl carbamates (subject to hydrolysis) is 1. The van der Waals surface area contributed by atoms with E-state index in [9.17, 15) is 9.59 Å². The van der Waals surface area contributed by atoms with Gasteiger partial charge in [-0.25, -0.2) is 4.79 Å². The van der Waals surface area contributed by atoms with Crippen LogP contribution in [0.5, 0.6) is 11.5 Å². The summed E-state index contributed by atoms with van der Waals surface area (Å²) < 4.78 is 15.5. The Morgan fingerprint density at radius 2 is 1.91 bits per heavy atom. The largest absolute Gasteiger partial charge is 0.454 e. The first-order valence-electron chi connectivity index (χ1n) is 6.94. The van der Waals surface area contributed by atoms with Gasteiger partial charge in [0.25, 0.3) is 0 Å². The fraction of sp³-hybridized carbons (Fsp3) is 0.467. The van der Waals surface area contributed by atoms with Crippen LogP contribution in [0.25, 0.3) is 0 Å². The summed E-state index contributed by atoms with van der Waals surface area (Å²) in [6, 6.07) is 4.34. The molecule has 7 nitrogen and oxygen atoms in total. The van der Waals surface area contributed by atoms with Gasteiger partial charge in [-0.3, -0.25) is 4.79 Å². The Morgan fingerprint density at radius 3 is 2.59 bits per heavy atom. The Balaban J connectivity index is 1.90. The van der Waals surface area contributed by atoms with E-state index >= 15 is 0 Å². The van der Waals surface area contributed by atoms with Crippen molar-refractivity contribution in [2.24, 2.45) is 0 Å². The molecule has 1 aliphatic rings. The molecule has 1 unspecified atom stereocenters. The highest BCUT2D eigenvalue weighted by Crippen LogP contribution is 2.34. The summed E-state index contributed by atoms with van der Waals surface area (Å²) in [6.07, 6.45) is -0.638. The summed E-state index contributed by atoms with van der Waals surface area (Å²) in [5, 5.41) is 5.17. The monoisotopic (exact) mass is 308 g/mol. The van der Waals surface area contributed by atoms with Crippen LogP contribution in [0.15, 0.2) is 18.2 Å². The van der Waals surface area contributed by atoms with Crippen LogP contribution in [0.4, 0.5) is 10.5 Å². The normalized spacial score (nSPS) is 14.2. The number of ether oxygens (including phenoxy) is 3. The van der Waals surface area contributed by atoms with Crippen molar-refractivity contribution in [3.05, 3.63) is 18.2 Å². The first-order valence-corrected chi connectivity index (χ1v) is 6.94. The number of amides is 2. The standard InChI is InChI=1S/C15H20N2O5/c1-9(16-14(19)22-15(2,3)4)13(18)17-10-5-6-11-12(7-10)21-8-20-11/h5-7,9H,8H2,1-4H3,(H,16,19)(H,17,18). The number of hydrogen-bond donors (Lipinski definition) is 2. The van der Waals surface area contributed by atoms with Crippen molar-refractivity contribution >= 4 is 17.7 Å². The molecule has 0 saturated heterocycles. The van der Waals surface area contributed by atoms with Gasteiger partial charge in [0.2, 0.25) is 12.7 Å². The van der Waals surface area contributed by atoms with E-state index in [0.717, 1.165) is 0 Å². The number of anilines is 1. The quantitative estimate of drug-likeness (QED) is 0.894. The molecule has 22 heavy (non-hydrogen) atoms. The third kappa shape index (κ3) is 4.28. The van der Waals surface area contributed by atoms with Gasteiger partial charge in [-0.1, -0.05) is 0 Å². The summed E-state index contributed by atoms with van der Waals surface area (Å²) in [4.78, 5) is 23.7. The lowest BCUT2D eigenvalue weighted by molar-refractivity contribution is -0.117. The molecule has 0 aromatic heterocycles. The summed E-state index contributed by atoms with van der Waals surface area (Å²) in [7, 11) is 0. The Morgan fingerprint density at radius 1 is 1.23 bits per heavy atom. The molecule has 0 aliphatic carbocycles. The number of carbonyl (C=O) groups excluding carboxylic acids is 2. The van der Waals surface area contributed by atoms with Crippen molar-refractivity contribution in [1.82, 2.24) is 5.32 Å². The SMILES string of the molecule is CC(NC(=O)OC(C)(C)C)C(=O)Nc1ccc2c(c1)OCO2. The first-order chi connectivity index (χ1) is 10.2. The minimum atomic E-state index is -0.736. The molecule has 1 aliphatic heterocycles. The molecule has 0 spiro atoms. The zero-order valence-electron chi connectivity index (χ0n) is 13.1. The molecule has 2 amide bonds. The van der Waals surface area contributed by atoms with Gasteiger partial charge in [-0.05, 0) is 39.8 Å². The second kappa shape index (κ2) is 6.13. The van der Waals surface area contributed by atoms with E-state index in [-0.39, 0.29) is 12.7 Å². The second-order valence-corrected chi connectivity index (χ2v) is 5.93. The van der Waals surface area contributed by atoms with Crippen LogP contribution in [-0.2, 0) is 9.53 Å². The van der Waals surface area contributed by atoms with Crippen molar-refractivity contribution < 1.29 is 23.8 Å². The van der Waals surface area contributed by atoms with Gasteiger partial charge in [-0.15, -0.1) is 0 Å². The van der Waals surface area contributed by atoms with Gasteiger partial charge in [0.05, 0.1) is 0 Å². The maximum Gasteiger partial charge on any atom is 0.408 e. The lowest BCUT2D eigenvalue weighted by Crippen LogP contribution is -2.43. The zero-order chi connectivity index (χ0) is 16.3. The average Bonchev–Trinajstić information content (AvgIpc) is 2.83. The van der Waals surface area contributed by atoms with E-state index in [0.29, 0.717) is 17.2 Å². The molecule has 1 heterocycles. The number of hydrogen-bond acceptors (Lipinski definition) is 5. The maximum atomic E-state index is 12.1. The molecule has 120 valence electrons. The van der Waals surface area contributed by atoms with Crippen LogP contribution in [0, 0.1) is 0 Å². The van der Waals surface area contributed by atoms with Gasteiger partial charge >= 0.3 is 6.09 Å². The highest BCUT2D eigenvalue weighted by Gasteiger charge is 2.21. The second-order valence-electron chi connectivity index (χ2n) is 5.93. The van der Waals surface area contributed by atoms with Crippen LogP contribution in [0.3, 0.4) is 0 Å². The highest BCUT2D eigenvalue weighted by atomic mass is 16.7. The summed E-state index contributed by atoms with van der Waals surface area (Å²) in [6.45, 7) is 7.01. The fourth-order valence-corrected chi connectivity index (χ4v) is 1.77. The zero-order valence-corrected chi connectivity index (χ0v) is 13.1. The molecule has 1 aromatic carbocycles. The molecule has 0 bridgehead atoms. The Labute approximate surface area is 128 Å². The van der Waals surface area contributed by atoms with Crippen LogP contribution in [-0.4, -0.2) is 30.4 Å². The van der Waals surface area contributed by atoms with Crippen molar-refractivity contribution in [3.63, 3.8) is 0 Å². The summed E-state index contributed by atoms with van der Waals surface area (Å²) >= 11 is 0. The van der Waals surface area contributed by atoms with Gasteiger partial charge in [0, 0.05) is 11.8 Å². The molecule has 0 fully saturated rings. The molecule has 1 aromatic rings. The fourth-order valence-electron chi connectivity index (χ4n) is 1.77. The molecule has 0 radical (unpaired) electrons. The predicted octanol–water partition coefficient (Wildman–Crippen LogP) is 2.27. The molecule has 1 atom stereocenters. The Bertz CT molecular complexity index is 580. The number of benzene rings is 1. The average molecular weight is 308 g/mol. The third-order valence-corrected chi connectivity index (χ3v) is 2.77. The smallest absolute Gasteiger partial charge is 0.408 e. The van der Waals surface area contributed by atoms with Crippen molar-refractivity contribution in [1.29, 1.82) is 0 Å². The van der Waals surface area contributed by atoms with Gasteiger partial charge in [0.15, 0.2) is 11.5 Å². The summed E-state index contributed by atoms with van der Waals surface area (Å²) in [5.74, 6) is 0.855. The van der Waals surface area contributed by atoms with E-state index < -0.39 is 17.7 Å². The summed E-state index contributed by atoms with van der Waals surface area (Å²) in [5.41, 5.74) is -0.0514. The van der Waals surface area contributed by atoms with Crippen molar-refractivity contribution in [2.45, 2.75) is 39.3 Å². The number of carbonyl (C=O) groups is 2. The van der Waals surface area contributed by atoms with Crippen molar-refractivity contribution in [2.75, 3.05) is 12.1 Å². The number of rotatable bonds is 3. The topological polar surface area (TPSA) is 85.9 Å². The maximum absolute atomic E-state index is 12.1. The molecular weight excluding hydrogens is 288 g/mol. The predicted molar refractivity (Wildman–Crippen MR) is 80.0 cm³/mol. The van der Waals surface area contributed by atoms with E-state index in [1.54, 1.807) is 45.9 Å². The first kappa shape index (κ1) is 15.9. The van der Waals surface area contributed by atoms with E-state index in [4.69, 9.17) is 14.2 Å². The number of fused-ring (bicyclic) bond motifs is 1. The number of nitrogens with one attached hydrogen (secondary N) is 2. The van der Waals surface area contributed by atoms with E-state index in [1.807, 2.05) is 0 Å². The minimum Gasteiger partial charge on any atom is -0.454 e. The van der Waals surface area contributed by atoms with Gasteiger partial charge in [-0.2, -0.15) is 0 Å². The lowest BCUT2D eigenvalue weighted by atomic mass is 10.2. The highest BCUT2D eigenvalue weighted by molar-refractivity contribution is 5.96. The van der Waals surface area contributed by atoms with Gasteiger partial charge < -0.3 is 24.8 Å². The van der Waals surface area contributed by atoms with Gasteiger partial charge in [0.1, 0.15) is 11.6 Å². The molecule has 0 saturated carbocycles. The van der Waals surface area contributed by atoms with Crippen LogP contribution in [0.2, 0.25) is 0 Å². The Kier molecular flexibility index (Phi) is 4.44. The van der Waals surface area contributed by atoms with Crippen molar-refractivity contribution in [3.8, 4) is 11.5 Å². The Hall–Kier alpha value is -2.44. The van der Waals surface area contributed by atoms with Crippen LogP contribution in [0.1, 0.15) is 27.7 Å². The third-order valence-electron chi connectivity index (χ3n) is 2.77.